The van der Waals surface area contributed by atoms with Crippen molar-refractivity contribution in [1.82, 2.24) is 5.32 Å². The highest BCUT2D eigenvalue weighted by Crippen LogP contribution is 2.31. The average molecular weight is 321 g/mol. The quantitative estimate of drug-likeness (QED) is 0.777. The van der Waals surface area contributed by atoms with Crippen molar-refractivity contribution in [3.8, 4) is 0 Å². The van der Waals surface area contributed by atoms with Gasteiger partial charge < -0.3 is 14.8 Å². The molecule has 120 valence electrons. The van der Waals surface area contributed by atoms with Crippen LogP contribution in [0.15, 0.2) is 59.0 Å². The van der Waals surface area contributed by atoms with Gasteiger partial charge in [0.25, 0.3) is 5.91 Å². The zero-order valence-electron chi connectivity index (χ0n) is 12.8. The summed E-state index contributed by atoms with van der Waals surface area (Å²) in [6.07, 6.45) is 0.537. The van der Waals surface area contributed by atoms with Gasteiger partial charge in [0.05, 0.1) is 0 Å². The topological polar surface area (TPSA) is 79.5 Å². The molecule has 0 radical (unpaired) electrons. The Balaban J connectivity index is 1.65. The Morgan fingerprint density at radius 1 is 1.00 bits per heavy atom. The van der Waals surface area contributed by atoms with Gasteiger partial charge in [-0.1, -0.05) is 42.5 Å². The Hall–Kier alpha value is -3.08. The van der Waals surface area contributed by atoms with Crippen molar-refractivity contribution < 1.29 is 19.1 Å². The molecule has 5 nitrogen and oxygen atoms in total. The van der Waals surface area contributed by atoms with Crippen molar-refractivity contribution in [2.75, 3.05) is 0 Å². The maximum Gasteiger partial charge on any atom is 0.330 e. The standard InChI is InChI=1S/C19H15NO4/c21-17(16-9-12-5-3-4-8-15(12)24-16)20-19(18(22)23)10-13-6-1-2-7-14(13)11-19/h1-9H,10-11H2,(H,20,21)(H,22,23). The van der Waals surface area contributed by atoms with Gasteiger partial charge in [-0.15, -0.1) is 0 Å². The third-order valence-electron chi connectivity index (χ3n) is 4.51. The summed E-state index contributed by atoms with van der Waals surface area (Å²) in [6, 6.07) is 16.4. The van der Waals surface area contributed by atoms with Crippen molar-refractivity contribution in [3.63, 3.8) is 0 Å². The maximum absolute atomic E-state index is 12.6. The van der Waals surface area contributed by atoms with Gasteiger partial charge in [-0.05, 0) is 23.3 Å². The molecule has 0 saturated heterocycles. The first-order chi connectivity index (χ1) is 11.6. The number of aliphatic carboxylic acids is 1. The van der Waals surface area contributed by atoms with E-state index in [1.54, 1.807) is 12.1 Å². The third kappa shape index (κ3) is 2.25. The molecule has 0 bridgehead atoms. The van der Waals surface area contributed by atoms with E-state index in [0.29, 0.717) is 5.58 Å². The van der Waals surface area contributed by atoms with E-state index in [9.17, 15) is 14.7 Å². The summed E-state index contributed by atoms with van der Waals surface area (Å²) >= 11 is 0. The highest BCUT2D eigenvalue weighted by molar-refractivity contribution is 5.99. The molecule has 0 saturated carbocycles. The zero-order chi connectivity index (χ0) is 16.7. The van der Waals surface area contributed by atoms with Crippen LogP contribution in [-0.4, -0.2) is 22.5 Å². The summed E-state index contributed by atoms with van der Waals surface area (Å²) in [5, 5.41) is 13.2. The van der Waals surface area contributed by atoms with Gasteiger partial charge in [-0.3, -0.25) is 4.79 Å². The van der Waals surface area contributed by atoms with Gasteiger partial charge in [0.2, 0.25) is 0 Å². The Bertz CT molecular complexity index is 899. The summed E-state index contributed by atoms with van der Waals surface area (Å²) in [4.78, 5) is 24.4. The van der Waals surface area contributed by atoms with E-state index in [2.05, 4.69) is 5.32 Å². The van der Waals surface area contributed by atoms with Gasteiger partial charge in [0, 0.05) is 18.2 Å². The highest BCUT2D eigenvalue weighted by Gasteiger charge is 2.45. The predicted octanol–water partition coefficient (Wildman–Crippen LogP) is 2.78. The number of carbonyl (C=O) groups is 2. The van der Waals surface area contributed by atoms with Crippen LogP contribution in [0.25, 0.3) is 11.0 Å². The molecule has 0 fully saturated rings. The number of para-hydroxylation sites is 1. The van der Waals surface area contributed by atoms with Crippen molar-refractivity contribution >= 4 is 22.8 Å². The molecule has 2 aromatic carbocycles. The Morgan fingerprint density at radius 2 is 1.62 bits per heavy atom. The van der Waals surface area contributed by atoms with E-state index in [1.165, 1.54) is 0 Å². The minimum absolute atomic E-state index is 0.118. The molecule has 1 aliphatic carbocycles. The normalized spacial score (nSPS) is 15.2. The van der Waals surface area contributed by atoms with Crippen LogP contribution in [0.5, 0.6) is 0 Å². The second kappa shape index (κ2) is 5.23. The lowest BCUT2D eigenvalue weighted by atomic mass is 9.95. The smallest absolute Gasteiger partial charge is 0.330 e. The number of hydrogen-bond donors (Lipinski definition) is 2. The van der Waals surface area contributed by atoms with E-state index >= 15 is 0 Å². The zero-order valence-corrected chi connectivity index (χ0v) is 12.8. The number of hydrogen-bond acceptors (Lipinski definition) is 3. The van der Waals surface area contributed by atoms with Crippen molar-refractivity contribution in [2.24, 2.45) is 0 Å². The highest BCUT2D eigenvalue weighted by atomic mass is 16.4. The van der Waals surface area contributed by atoms with Crippen LogP contribution in [0.2, 0.25) is 0 Å². The van der Waals surface area contributed by atoms with Crippen LogP contribution in [0.4, 0.5) is 0 Å². The lowest BCUT2D eigenvalue weighted by Gasteiger charge is -2.24. The Labute approximate surface area is 137 Å². The number of benzene rings is 2. The molecule has 1 heterocycles. The molecule has 0 aliphatic heterocycles. The van der Waals surface area contributed by atoms with Crippen molar-refractivity contribution in [1.29, 1.82) is 0 Å². The van der Waals surface area contributed by atoms with E-state index in [4.69, 9.17) is 4.42 Å². The minimum atomic E-state index is -1.33. The molecule has 24 heavy (non-hydrogen) atoms. The first-order valence-electron chi connectivity index (χ1n) is 7.69. The van der Waals surface area contributed by atoms with Gasteiger partial charge in [0.15, 0.2) is 5.76 Å². The third-order valence-corrected chi connectivity index (χ3v) is 4.51. The number of carboxylic acid groups (broad SMARTS) is 1. The van der Waals surface area contributed by atoms with Crippen LogP contribution in [-0.2, 0) is 17.6 Å². The van der Waals surface area contributed by atoms with Crippen LogP contribution in [0, 0.1) is 0 Å². The van der Waals surface area contributed by atoms with E-state index in [1.807, 2.05) is 42.5 Å². The number of amides is 1. The fraction of sp³-hybridized carbons (Fsp3) is 0.158. The van der Waals surface area contributed by atoms with Gasteiger partial charge in [-0.25, -0.2) is 4.79 Å². The number of carboxylic acids is 1. The summed E-state index contributed by atoms with van der Waals surface area (Å²) in [5.74, 6) is -1.43. The molecule has 1 aromatic heterocycles. The number of fused-ring (bicyclic) bond motifs is 2. The van der Waals surface area contributed by atoms with Gasteiger partial charge in [-0.2, -0.15) is 0 Å². The predicted molar refractivity (Wildman–Crippen MR) is 87.9 cm³/mol. The molecule has 5 heteroatoms. The lowest BCUT2D eigenvalue weighted by Crippen LogP contribution is -2.55. The second-order valence-electron chi connectivity index (χ2n) is 6.11. The molecular formula is C19H15NO4. The number of furan rings is 1. The summed E-state index contributed by atoms with van der Waals surface area (Å²) in [5.41, 5.74) is 1.16. The summed E-state index contributed by atoms with van der Waals surface area (Å²) in [6.45, 7) is 0. The summed E-state index contributed by atoms with van der Waals surface area (Å²) < 4.78 is 5.54. The molecule has 2 N–H and O–H groups in total. The fourth-order valence-electron chi connectivity index (χ4n) is 3.28. The fourth-order valence-corrected chi connectivity index (χ4v) is 3.28. The first kappa shape index (κ1) is 14.5. The average Bonchev–Trinajstić information content (AvgIpc) is 3.16. The van der Waals surface area contributed by atoms with Crippen LogP contribution in [0.3, 0.4) is 0 Å². The molecule has 1 amide bonds. The molecule has 4 rings (SSSR count). The molecular weight excluding hydrogens is 306 g/mol. The Kier molecular flexibility index (Phi) is 3.16. The van der Waals surface area contributed by atoms with Crippen LogP contribution < -0.4 is 5.32 Å². The largest absolute Gasteiger partial charge is 0.479 e. The van der Waals surface area contributed by atoms with E-state index in [-0.39, 0.29) is 18.6 Å². The summed E-state index contributed by atoms with van der Waals surface area (Å²) in [7, 11) is 0. The van der Waals surface area contributed by atoms with Crippen LogP contribution >= 0.6 is 0 Å². The SMILES string of the molecule is O=C(NC1(C(=O)O)Cc2ccccc2C1)c1cc2ccccc2o1. The molecule has 1 aliphatic rings. The monoisotopic (exact) mass is 321 g/mol. The number of nitrogens with one attached hydrogen (secondary N) is 1. The number of carbonyl (C=O) groups excluding carboxylic acids is 1. The second-order valence-corrected chi connectivity index (χ2v) is 6.11. The molecule has 0 spiro atoms. The van der Waals surface area contributed by atoms with Gasteiger partial charge >= 0.3 is 5.97 Å². The van der Waals surface area contributed by atoms with Crippen LogP contribution in [0.1, 0.15) is 21.7 Å². The Morgan fingerprint density at radius 3 is 2.25 bits per heavy atom. The number of rotatable bonds is 3. The lowest BCUT2D eigenvalue weighted by molar-refractivity contribution is -0.144. The molecule has 0 atom stereocenters. The van der Waals surface area contributed by atoms with E-state index in [0.717, 1.165) is 16.5 Å². The molecule has 3 aromatic rings. The molecule has 0 unspecified atom stereocenters. The van der Waals surface area contributed by atoms with Gasteiger partial charge in [0.1, 0.15) is 11.1 Å². The minimum Gasteiger partial charge on any atom is -0.479 e. The first-order valence-corrected chi connectivity index (χ1v) is 7.69. The van der Waals surface area contributed by atoms with Crippen molar-refractivity contribution in [2.45, 2.75) is 18.4 Å². The maximum atomic E-state index is 12.6. The van der Waals surface area contributed by atoms with Crippen molar-refractivity contribution in [3.05, 3.63) is 71.5 Å². The van der Waals surface area contributed by atoms with E-state index < -0.39 is 17.4 Å².